The Morgan fingerprint density at radius 3 is 2.26 bits per heavy atom. The van der Waals surface area contributed by atoms with Gasteiger partial charge in [-0.2, -0.15) is 0 Å². The van der Waals surface area contributed by atoms with Crippen LogP contribution in [0.2, 0.25) is 0 Å². The molecule has 0 fully saturated rings. The van der Waals surface area contributed by atoms with Crippen LogP contribution in [0, 0.1) is 5.41 Å². The molecule has 0 aliphatic heterocycles. The molecule has 0 saturated carbocycles. The Labute approximate surface area is 112 Å². The lowest BCUT2D eigenvalue weighted by atomic mass is 9.87. The van der Waals surface area contributed by atoms with Crippen molar-refractivity contribution in [2.45, 2.75) is 40.2 Å². The van der Waals surface area contributed by atoms with Gasteiger partial charge in [0, 0.05) is 6.54 Å². The lowest BCUT2D eigenvalue weighted by Crippen LogP contribution is -2.52. The summed E-state index contributed by atoms with van der Waals surface area (Å²) < 4.78 is 4.69. The maximum atomic E-state index is 11.5. The number of esters is 1. The average Bonchev–Trinajstić information content (AvgIpc) is 2.24. The van der Waals surface area contributed by atoms with Crippen molar-refractivity contribution >= 4 is 18.0 Å². The summed E-state index contributed by atoms with van der Waals surface area (Å²) in [6.45, 7) is 7.22. The van der Waals surface area contributed by atoms with Gasteiger partial charge in [0.15, 0.2) is 0 Å². The van der Waals surface area contributed by atoms with Gasteiger partial charge in [-0.05, 0) is 12.3 Å². The molecule has 0 aromatic rings. The second kappa shape index (κ2) is 7.60. The third-order valence-corrected chi connectivity index (χ3v) is 2.31. The number of carbonyl (C=O) groups is 3. The van der Waals surface area contributed by atoms with Gasteiger partial charge < -0.3 is 20.5 Å². The van der Waals surface area contributed by atoms with Crippen LogP contribution in [-0.2, 0) is 14.3 Å². The van der Waals surface area contributed by atoms with E-state index in [0.717, 1.165) is 0 Å². The summed E-state index contributed by atoms with van der Waals surface area (Å²) in [6, 6.07) is -1.62. The van der Waals surface area contributed by atoms with E-state index in [4.69, 9.17) is 9.84 Å². The quantitative estimate of drug-likeness (QED) is 0.619. The van der Waals surface area contributed by atoms with Gasteiger partial charge in [0.1, 0.15) is 6.04 Å². The zero-order valence-electron chi connectivity index (χ0n) is 11.8. The molecular formula is C12H22N2O5. The number of ether oxygens (including phenoxy) is 1. The predicted octanol–water partition coefficient (Wildman–Crippen LogP) is 0.738. The van der Waals surface area contributed by atoms with Crippen LogP contribution in [0.3, 0.4) is 0 Å². The average molecular weight is 274 g/mol. The van der Waals surface area contributed by atoms with Crippen molar-refractivity contribution in [2.24, 2.45) is 5.41 Å². The summed E-state index contributed by atoms with van der Waals surface area (Å²) in [5.74, 6) is -1.51. The molecule has 0 rings (SSSR count). The van der Waals surface area contributed by atoms with Gasteiger partial charge in [0.05, 0.1) is 13.0 Å². The number of hydrogen-bond donors (Lipinski definition) is 3. The van der Waals surface area contributed by atoms with Crippen LogP contribution in [0.15, 0.2) is 0 Å². The van der Waals surface area contributed by atoms with Gasteiger partial charge >= 0.3 is 18.0 Å². The molecule has 0 aliphatic rings. The number of rotatable bonds is 6. The van der Waals surface area contributed by atoms with Crippen molar-refractivity contribution in [3.05, 3.63) is 0 Å². The highest BCUT2D eigenvalue weighted by Crippen LogP contribution is 2.19. The van der Waals surface area contributed by atoms with Crippen molar-refractivity contribution in [2.75, 3.05) is 13.2 Å². The minimum Gasteiger partial charge on any atom is -0.480 e. The van der Waals surface area contributed by atoms with E-state index in [-0.39, 0.29) is 19.6 Å². The molecule has 0 bridgehead atoms. The summed E-state index contributed by atoms with van der Waals surface area (Å²) in [4.78, 5) is 33.6. The summed E-state index contributed by atoms with van der Waals surface area (Å²) >= 11 is 0. The molecule has 0 radical (unpaired) electrons. The van der Waals surface area contributed by atoms with Crippen molar-refractivity contribution in [3.8, 4) is 0 Å². The van der Waals surface area contributed by atoms with E-state index >= 15 is 0 Å². The minimum absolute atomic E-state index is 0.0501. The van der Waals surface area contributed by atoms with Crippen molar-refractivity contribution in [3.63, 3.8) is 0 Å². The van der Waals surface area contributed by atoms with E-state index in [1.807, 2.05) is 0 Å². The molecule has 7 heteroatoms. The van der Waals surface area contributed by atoms with Crippen LogP contribution in [-0.4, -0.2) is 42.3 Å². The van der Waals surface area contributed by atoms with E-state index in [9.17, 15) is 14.4 Å². The Kier molecular flexibility index (Phi) is 6.89. The fourth-order valence-corrected chi connectivity index (χ4v) is 1.34. The maximum absolute atomic E-state index is 11.5. The van der Waals surface area contributed by atoms with Gasteiger partial charge in [0.25, 0.3) is 0 Å². The first-order valence-electron chi connectivity index (χ1n) is 6.11. The predicted molar refractivity (Wildman–Crippen MR) is 68.7 cm³/mol. The smallest absolute Gasteiger partial charge is 0.326 e. The van der Waals surface area contributed by atoms with Crippen molar-refractivity contribution < 1.29 is 24.2 Å². The zero-order chi connectivity index (χ0) is 15.1. The molecule has 0 spiro atoms. The van der Waals surface area contributed by atoms with Gasteiger partial charge in [0.2, 0.25) is 0 Å². The number of hydrogen-bond acceptors (Lipinski definition) is 4. The van der Waals surface area contributed by atoms with Crippen LogP contribution in [0.5, 0.6) is 0 Å². The number of carbonyl (C=O) groups excluding carboxylic acids is 2. The number of carboxylic acids is 1. The molecule has 19 heavy (non-hydrogen) atoms. The van der Waals surface area contributed by atoms with Crippen molar-refractivity contribution in [1.29, 1.82) is 0 Å². The minimum atomic E-state index is -1.10. The monoisotopic (exact) mass is 274 g/mol. The normalized spacial score (nSPS) is 12.4. The first-order valence-corrected chi connectivity index (χ1v) is 6.11. The fraction of sp³-hybridized carbons (Fsp3) is 0.750. The van der Waals surface area contributed by atoms with E-state index in [2.05, 4.69) is 10.6 Å². The SMILES string of the molecule is CCOC(=O)CCNC(=O)N[C@H](C(=O)O)C(C)(C)C. The van der Waals surface area contributed by atoms with Crippen LogP contribution in [0.4, 0.5) is 4.79 Å². The second-order valence-electron chi connectivity index (χ2n) is 5.09. The van der Waals surface area contributed by atoms with Crippen LogP contribution >= 0.6 is 0 Å². The molecule has 0 aliphatic carbocycles. The van der Waals surface area contributed by atoms with Gasteiger partial charge in [-0.3, -0.25) is 4.79 Å². The molecule has 110 valence electrons. The Balaban J connectivity index is 4.15. The van der Waals surface area contributed by atoms with E-state index in [1.54, 1.807) is 27.7 Å². The molecule has 2 amide bonds. The zero-order valence-corrected chi connectivity index (χ0v) is 11.8. The highest BCUT2D eigenvalue weighted by atomic mass is 16.5. The maximum Gasteiger partial charge on any atom is 0.326 e. The molecule has 7 nitrogen and oxygen atoms in total. The molecule has 0 aromatic carbocycles. The fourth-order valence-electron chi connectivity index (χ4n) is 1.34. The van der Waals surface area contributed by atoms with Gasteiger partial charge in [-0.15, -0.1) is 0 Å². The lowest BCUT2D eigenvalue weighted by molar-refractivity contribution is -0.143. The Morgan fingerprint density at radius 1 is 1.26 bits per heavy atom. The molecule has 0 heterocycles. The highest BCUT2D eigenvalue weighted by molar-refractivity contribution is 5.83. The van der Waals surface area contributed by atoms with Crippen LogP contribution in [0.1, 0.15) is 34.1 Å². The number of amides is 2. The summed E-state index contributed by atoms with van der Waals surface area (Å²) in [5.41, 5.74) is -0.607. The topological polar surface area (TPSA) is 105 Å². The molecule has 3 N–H and O–H groups in total. The Hall–Kier alpha value is -1.79. The third-order valence-electron chi connectivity index (χ3n) is 2.31. The number of urea groups is 1. The van der Waals surface area contributed by atoms with E-state index in [1.165, 1.54) is 0 Å². The largest absolute Gasteiger partial charge is 0.480 e. The number of nitrogens with one attached hydrogen (secondary N) is 2. The number of carboxylic acid groups (broad SMARTS) is 1. The molecular weight excluding hydrogens is 252 g/mol. The van der Waals surface area contributed by atoms with E-state index < -0.39 is 29.4 Å². The van der Waals surface area contributed by atoms with E-state index in [0.29, 0.717) is 0 Å². The summed E-state index contributed by atoms with van der Waals surface area (Å²) in [5, 5.41) is 13.8. The first-order chi connectivity index (χ1) is 8.68. The Bertz CT molecular complexity index is 336. The second-order valence-corrected chi connectivity index (χ2v) is 5.09. The van der Waals surface area contributed by atoms with Crippen LogP contribution in [0.25, 0.3) is 0 Å². The van der Waals surface area contributed by atoms with Gasteiger partial charge in [-0.1, -0.05) is 20.8 Å². The number of aliphatic carboxylic acids is 1. The first kappa shape index (κ1) is 17.2. The molecule has 1 atom stereocenters. The lowest BCUT2D eigenvalue weighted by Gasteiger charge is -2.27. The standard InChI is InChI=1S/C12H22N2O5/c1-5-19-8(15)6-7-13-11(18)14-9(10(16)17)12(2,3)4/h9H,5-7H2,1-4H3,(H,16,17)(H2,13,14,18)/t9-/m1/s1. The highest BCUT2D eigenvalue weighted by Gasteiger charge is 2.32. The Morgan fingerprint density at radius 2 is 1.84 bits per heavy atom. The third kappa shape index (κ3) is 7.28. The summed E-state index contributed by atoms with van der Waals surface area (Å²) in [6.07, 6.45) is 0.0501. The van der Waals surface area contributed by atoms with Gasteiger partial charge in [-0.25, -0.2) is 9.59 Å². The molecule has 0 saturated heterocycles. The van der Waals surface area contributed by atoms with Crippen LogP contribution < -0.4 is 10.6 Å². The molecule has 0 unspecified atom stereocenters. The van der Waals surface area contributed by atoms with Crippen molar-refractivity contribution in [1.82, 2.24) is 10.6 Å². The molecule has 0 aromatic heterocycles. The summed E-state index contributed by atoms with van der Waals surface area (Å²) in [7, 11) is 0.